The van der Waals surface area contributed by atoms with Crippen molar-refractivity contribution < 1.29 is 9.21 Å². The highest BCUT2D eigenvalue weighted by molar-refractivity contribution is 14.1. The lowest BCUT2D eigenvalue weighted by molar-refractivity contribution is -0.115. The molecule has 1 amide bonds. The molecule has 8 heteroatoms. The Labute approximate surface area is 191 Å². The highest BCUT2D eigenvalue weighted by atomic mass is 127. The van der Waals surface area contributed by atoms with Crippen LogP contribution in [0.5, 0.6) is 0 Å². The number of benzene rings is 2. The maximum atomic E-state index is 12.1. The maximum Gasteiger partial charge on any atom is 0.250 e. The second-order valence-electron chi connectivity index (χ2n) is 5.56. The zero-order valence-corrected chi connectivity index (χ0v) is 18.7. The number of anilines is 1. The summed E-state index contributed by atoms with van der Waals surface area (Å²) in [5.41, 5.74) is 1.51. The van der Waals surface area contributed by atoms with E-state index in [1.54, 1.807) is 30.3 Å². The lowest BCUT2D eigenvalue weighted by atomic mass is 10.2. The molecule has 3 aromatic rings. The molecule has 28 heavy (non-hydrogen) atoms. The summed E-state index contributed by atoms with van der Waals surface area (Å²) in [6, 6.07) is 16.4. The molecule has 0 bridgehead atoms. The molecule has 0 aliphatic heterocycles. The van der Waals surface area contributed by atoms with Crippen molar-refractivity contribution in [3.8, 4) is 11.3 Å². The third-order valence-electron chi connectivity index (χ3n) is 3.60. The number of hydrogen-bond acceptors (Lipinski definition) is 3. The lowest BCUT2D eigenvalue weighted by Gasteiger charge is -2.09. The van der Waals surface area contributed by atoms with Crippen molar-refractivity contribution in [1.29, 1.82) is 0 Å². The third kappa shape index (κ3) is 5.35. The molecule has 0 atom stereocenters. The van der Waals surface area contributed by atoms with E-state index in [1.165, 1.54) is 6.08 Å². The highest BCUT2D eigenvalue weighted by Crippen LogP contribution is 2.34. The summed E-state index contributed by atoms with van der Waals surface area (Å²) < 4.78 is 6.71. The van der Waals surface area contributed by atoms with Crippen LogP contribution in [0.3, 0.4) is 0 Å². The molecular formula is C20H13Cl2IN2O2S. The van der Waals surface area contributed by atoms with Gasteiger partial charge in [-0.15, -0.1) is 0 Å². The van der Waals surface area contributed by atoms with Crippen LogP contribution in [0.1, 0.15) is 5.76 Å². The van der Waals surface area contributed by atoms with Crippen LogP contribution in [0.15, 0.2) is 65.1 Å². The standard InChI is InChI=1S/C20H13Cl2IN2O2S/c21-14-5-3-4-13(19(14)22)17-10-8-12(27-17)9-11-18(26)25-20(28)24-16-7-2-1-6-15(16)23/h1-11H,(H2,24,25,26,28). The molecule has 0 fully saturated rings. The molecule has 3 rings (SSSR count). The van der Waals surface area contributed by atoms with Gasteiger partial charge in [0.25, 0.3) is 0 Å². The first-order valence-electron chi connectivity index (χ1n) is 8.03. The van der Waals surface area contributed by atoms with Gasteiger partial charge in [-0.3, -0.25) is 10.1 Å². The van der Waals surface area contributed by atoms with E-state index in [9.17, 15) is 4.79 Å². The topological polar surface area (TPSA) is 54.3 Å². The van der Waals surface area contributed by atoms with Crippen molar-refractivity contribution in [3.05, 3.63) is 80.0 Å². The molecule has 0 radical (unpaired) electrons. The number of nitrogens with one attached hydrogen (secondary N) is 2. The summed E-state index contributed by atoms with van der Waals surface area (Å²) in [4.78, 5) is 12.1. The molecule has 2 aromatic carbocycles. The minimum atomic E-state index is -0.373. The predicted octanol–water partition coefficient (Wildman–Crippen LogP) is 6.38. The monoisotopic (exact) mass is 542 g/mol. The summed E-state index contributed by atoms with van der Waals surface area (Å²) in [6.45, 7) is 0. The van der Waals surface area contributed by atoms with Gasteiger partial charge in [0.05, 0.1) is 15.7 Å². The van der Waals surface area contributed by atoms with Gasteiger partial charge in [0.2, 0.25) is 5.91 Å². The molecule has 0 unspecified atom stereocenters. The van der Waals surface area contributed by atoms with Crippen molar-refractivity contribution in [1.82, 2.24) is 5.32 Å². The number of carbonyl (C=O) groups is 1. The van der Waals surface area contributed by atoms with Gasteiger partial charge in [-0.25, -0.2) is 0 Å². The summed E-state index contributed by atoms with van der Waals surface area (Å²) >= 11 is 19.6. The highest BCUT2D eigenvalue weighted by Gasteiger charge is 2.10. The number of hydrogen-bond donors (Lipinski definition) is 2. The number of halogens is 3. The number of para-hydroxylation sites is 1. The zero-order chi connectivity index (χ0) is 20.1. The van der Waals surface area contributed by atoms with Crippen LogP contribution in [0.2, 0.25) is 10.0 Å². The van der Waals surface area contributed by atoms with E-state index in [2.05, 4.69) is 33.2 Å². The number of carbonyl (C=O) groups excluding carboxylic acids is 1. The molecule has 142 valence electrons. The van der Waals surface area contributed by atoms with Crippen LogP contribution < -0.4 is 10.6 Å². The van der Waals surface area contributed by atoms with Gasteiger partial charge < -0.3 is 9.73 Å². The van der Waals surface area contributed by atoms with Crippen LogP contribution in [0, 0.1) is 3.57 Å². The molecular weight excluding hydrogens is 530 g/mol. The number of furan rings is 1. The van der Waals surface area contributed by atoms with Gasteiger partial charge >= 0.3 is 0 Å². The van der Waals surface area contributed by atoms with E-state index in [0.29, 0.717) is 27.1 Å². The Bertz CT molecular complexity index is 1070. The van der Waals surface area contributed by atoms with Gasteiger partial charge in [0, 0.05) is 15.2 Å². The Hall–Kier alpha value is -1.87. The average Bonchev–Trinajstić information content (AvgIpc) is 3.13. The summed E-state index contributed by atoms with van der Waals surface area (Å²) in [6.07, 6.45) is 2.89. The lowest BCUT2D eigenvalue weighted by Crippen LogP contribution is -2.33. The van der Waals surface area contributed by atoms with Gasteiger partial charge in [-0.2, -0.15) is 0 Å². The maximum absolute atomic E-state index is 12.1. The Morgan fingerprint density at radius 2 is 1.86 bits per heavy atom. The van der Waals surface area contributed by atoms with Crippen molar-refractivity contribution in [3.63, 3.8) is 0 Å². The Kier molecular flexibility index (Phi) is 7.12. The fourth-order valence-corrected chi connectivity index (χ4v) is 3.44. The summed E-state index contributed by atoms with van der Waals surface area (Å²) in [5, 5.41) is 6.65. The number of rotatable bonds is 4. The molecule has 0 aliphatic carbocycles. The van der Waals surface area contributed by atoms with Gasteiger partial charge in [-0.05, 0) is 77.3 Å². The first-order chi connectivity index (χ1) is 13.4. The van der Waals surface area contributed by atoms with E-state index in [1.807, 2.05) is 30.3 Å². The molecule has 0 saturated heterocycles. The smallest absolute Gasteiger partial charge is 0.250 e. The fraction of sp³-hybridized carbons (Fsp3) is 0. The molecule has 0 aliphatic rings. The van der Waals surface area contributed by atoms with Gasteiger partial charge in [-0.1, -0.05) is 41.4 Å². The second-order valence-corrected chi connectivity index (χ2v) is 7.92. The summed E-state index contributed by atoms with van der Waals surface area (Å²) in [7, 11) is 0. The second kappa shape index (κ2) is 9.56. The first-order valence-corrected chi connectivity index (χ1v) is 10.3. The molecule has 1 aromatic heterocycles. The average molecular weight is 543 g/mol. The third-order valence-corrected chi connectivity index (χ3v) is 5.57. The van der Waals surface area contributed by atoms with Crippen molar-refractivity contribution in [2.24, 2.45) is 0 Å². The molecule has 1 heterocycles. The van der Waals surface area contributed by atoms with Crippen LogP contribution >= 0.6 is 58.0 Å². The van der Waals surface area contributed by atoms with Gasteiger partial charge in [0.15, 0.2) is 5.11 Å². The van der Waals surface area contributed by atoms with E-state index in [0.717, 1.165) is 9.26 Å². The Balaban J connectivity index is 1.62. The van der Waals surface area contributed by atoms with E-state index >= 15 is 0 Å². The van der Waals surface area contributed by atoms with Crippen molar-refractivity contribution in [2.75, 3.05) is 5.32 Å². The van der Waals surface area contributed by atoms with Crippen molar-refractivity contribution in [2.45, 2.75) is 0 Å². The summed E-state index contributed by atoms with van der Waals surface area (Å²) in [5.74, 6) is 0.684. The largest absolute Gasteiger partial charge is 0.457 e. The Morgan fingerprint density at radius 3 is 2.64 bits per heavy atom. The van der Waals surface area contributed by atoms with Crippen LogP contribution in [-0.4, -0.2) is 11.0 Å². The number of amides is 1. The van der Waals surface area contributed by atoms with Crippen LogP contribution in [0.4, 0.5) is 5.69 Å². The molecule has 0 saturated carbocycles. The van der Waals surface area contributed by atoms with E-state index in [-0.39, 0.29) is 11.0 Å². The van der Waals surface area contributed by atoms with Crippen molar-refractivity contribution >= 4 is 80.8 Å². The normalized spacial score (nSPS) is 10.8. The van der Waals surface area contributed by atoms with Crippen LogP contribution in [-0.2, 0) is 4.79 Å². The fourth-order valence-electron chi connectivity index (χ4n) is 2.31. The zero-order valence-electron chi connectivity index (χ0n) is 14.2. The minimum Gasteiger partial charge on any atom is -0.457 e. The SMILES string of the molecule is O=C(C=Cc1ccc(-c2cccc(Cl)c2Cl)o1)NC(=S)Nc1ccccc1I. The number of thiocarbonyl (C=S) groups is 1. The molecule has 2 N–H and O–H groups in total. The molecule has 0 spiro atoms. The minimum absolute atomic E-state index is 0.213. The predicted molar refractivity (Wildman–Crippen MR) is 127 cm³/mol. The first kappa shape index (κ1) is 20.9. The van der Waals surface area contributed by atoms with Gasteiger partial charge in [0.1, 0.15) is 11.5 Å². The Morgan fingerprint density at radius 1 is 1.07 bits per heavy atom. The van der Waals surface area contributed by atoms with Crippen LogP contribution in [0.25, 0.3) is 17.4 Å². The quantitative estimate of drug-likeness (QED) is 0.228. The molecule has 4 nitrogen and oxygen atoms in total. The van der Waals surface area contributed by atoms with E-state index in [4.69, 9.17) is 39.8 Å². The van der Waals surface area contributed by atoms with E-state index < -0.39 is 0 Å².